The van der Waals surface area contributed by atoms with Crippen molar-refractivity contribution in [3.8, 4) is 0 Å². The van der Waals surface area contributed by atoms with Crippen LogP contribution in [-0.2, 0) is 4.94 Å². The van der Waals surface area contributed by atoms with Gasteiger partial charge in [0.2, 0.25) is 11.6 Å². The van der Waals surface area contributed by atoms with Crippen LogP contribution in [0.5, 0.6) is 0 Å². The number of hydrogen-bond acceptors (Lipinski definition) is 3. The van der Waals surface area contributed by atoms with Gasteiger partial charge < -0.3 is 0 Å². The minimum Gasteiger partial charge on any atom is -0.292 e. The van der Waals surface area contributed by atoms with E-state index >= 15 is 0 Å². The number of halogens is 2. The van der Waals surface area contributed by atoms with E-state index < -0.39 is 22.2 Å². The Morgan fingerprint density at radius 1 is 1.67 bits per heavy atom. The van der Waals surface area contributed by atoms with E-state index in [2.05, 4.69) is 18.1 Å². The minimum atomic E-state index is -1.49. The van der Waals surface area contributed by atoms with E-state index in [-0.39, 0.29) is 0 Å². The molecular weight excluding hydrogens is 172 g/mol. The van der Waals surface area contributed by atoms with Gasteiger partial charge >= 0.3 is 5.70 Å². The summed E-state index contributed by atoms with van der Waals surface area (Å²) in [6.07, 6.45) is 0.625. The van der Waals surface area contributed by atoms with Crippen molar-refractivity contribution in [2.24, 2.45) is 0 Å². The van der Waals surface area contributed by atoms with Crippen molar-refractivity contribution in [2.75, 3.05) is 0 Å². The normalized spacial score (nSPS) is 11.5. The Hall–Kier alpha value is -1.72. The van der Waals surface area contributed by atoms with Crippen molar-refractivity contribution in [1.82, 2.24) is 0 Å². The maximum Gasteiger partial charge on any atom is 0.308 e. The smallest absolute Gasteiger partial charge is 0.292 e. The topological polar surface area (TPSA) is 52.4 Å². The average molecular weight is 177 g/mol. The van der Waals surface area contributed by atoms with Gasteiger partial charge in [-0.05, 0) is 6.58 Å². The van der Waals surface area contributed by atoms with E-state index in [1.165, 1.54) is 0 Å². The molecule has 0 saturated carbocycles. The number of nitro groups is 1. The van der Waals surface area contributed by atoms with E-state index in [4.69, 9.17) is 0 Å². The first kappa shape index (κ1) is 10.3. The molecule has 4 nitrogen and oxygen atoms in total. The zero-order chi connectivity index (χ0) is 9.72. The van der Waals surface area contributed by atoms with E-state index in [1.54, 1.807) is 0 Å². The van der Waals surface area contributed by atoms with E-state index in [9.17, 15) is 19.0 Å². The molecule has 0 spiro atoms. The van der Waals surface area contributed by atoms with Crippen LogP contribution in [0, 0.1) is 10.1 Å². The monoisotopic (exact) mass is 177 g/mol. The lowest BCUT2D eigenvalue weighted by atomic mass is 10.3. The van der Waals surface area contributed by atoms with Crippen LogP contribution in [0.3, 0.4) is 0 Å². The second kappa shape index (κ2) is 4.22. The number of allylic oxidation sites excluding steroid dienone is 2. The molecule has 0 aromatic rings. The highest BCUT2D eigenvalue weighted by atomic mass is 19.3. The van der Waals surface area contributed by atoms with Crippen molar-refractivity contribution < 1.29 is 18.8 Å². The predicted molar refractivity (Wildman–Crippen MR) is 36.7 cm³/mol. The Bertz CT molecular complexity index is 260. The summed E-state index contributed by atoms with van der Waals surface area (Å²) < 4.78 is 23.9. The highest BCUT2D eigenvalue weighted by Crippen LogP contribution is 2.17. The fourth-order valence-electron chi connectivity index (χ4n) is 0.421. The number of hydrogen-bond donors (Lipinski definition) is 0. The van der Waals surface area contributed by atoms with Crippen molar-refractivity contribution >= 4 is 0 Å². The molecule has 0 N–H and O–H groups in total. The van der Waals surface area contributed by atoms with Gasteiger partial charge in [-0.3, -0.25) is 15.1 Å². The lowest BCUT2D eigenvalue weighted by Gasteiger charge is -1.95. The van der Waals surface area contributed by atoms with Gasteiger partial charge in [0.25, 0.3) is 0 Å². The van der Waals surface area contributed by atoms with E-state index in [1.807, 2.05) is 0 Å². The maximum absolute atomic E-state index is 12.6. The second-order valence-corrected chi connectivity index (χ2v) is 1.66. The Labute approximate surface area is 66.5 Å². The van der Waals surface area contributed by atoms with Crippen LogP contribution in [0.1, 0.15) is 0 Å². The van der Waals surface area contributed by atoms with Gasteiger partial charge in [0.15, 0.2) is 0 Å². The Morgan fingerprint density at radius 3 is 2.42 bits per heavy atom. The second-order valence-electron chi connectivity index (χ2n) is 1.66. The highest BCUT2D eigenvalue weighted by Gasteiger charge is 2.19. The standard InChI is InChI=1S/C6H5F2NO3/c1-3-5(9(10)11)6(7)4(2)12-8/h3H,1-2H2/b6-5-. The zero-order valence-electron chi connectivity index (χ0n) is 5.92. The molecule has 0 bridgehead atoms. The van der Waals surface area contributed by atoms with E-state index in [0.717, 1.165) is 0 Å². The molecule has 0 aliphatic carbocycles. The van der Waals surface area contributed by atoms with Crippen LogP contribution in [0.2, 0.25) is 0 Å². The van der Waals surface area contributed by atoms with Crippen LogP contribution < -0.4 is 0 Å². The van der Waals surface area contributed by atoms with Crippen molar-refractivity contribution in [2.45, 2.75) is 0 Å². The predicted octanol–water partition coefficient (Wildman–Crippen LogP) is 2.04. The molecule has 0 atom stereocenters. The molecule has 0 saturated heterocycles. The van der Waals surface area contributed by atoms with Crippen LogP contribution in [0.25, 0.3) is 0 Å². The van der Waals surface area contributed by atoms with Gasteiger partial charge in [0.05, 0.1) is 4.92 Å². The highest BCUT2D eigenvalue weighted by molar-refractivity contribution is 5.24. The third-order valence-corrected chi connectivity index (χ3v) is 0.953. The van der Waals surface area contributed by atoms with Crippen molar-refractivity contribution in [3.05, 3.63) is 46.6 Å². The lowest BCUT2D eigenvalue weighted by Crippen LogP contribution is -1.99. The van der Waals surface area contributed by atoms with Crippen LogP contribution in [-0.4, -0.2) is 4.92 Å². The van der Waals surface area contributed by atoms with Crippen LogP contribution >= 0.6 is 0 Å². The Balaban J connectivity index is 4.97. The molecule has 6 heteroatoms. The quantitative estimate of drug-likeness (QED) is 0.286. The first-order valence-corrected chi connectivity index (χ1v) is 2.69. The molecule has 0 radical (unpaired) electrons. The largest absolute Gasteiger partial charge is 0.308 e. The molecule has 0 fully saturated rings. The lowest BCUT2D eigenvalue weighted by molar-refractivity contribution is -0.421. The van der Waals surface area contributed by atoms with Crippen LogP contribution in [0.15, 0.2) is 36.5 Å². The SMILES string of the molecule is C=C/C(=C(/F)C(=C)OF)[N+](=O)[O-]. The first-order chi connectivity index (χ1) is 5.54. The summed E-state index contributed by atoms with van der Waals surface area (Å²) in [6.45, 7) is 5.70. The molecule has 0 unspecified atom stereocenters. The molecule has 0 aromatic heterocycles. The molecular formula is C6H5F2NO3. The minimum absolute atomic E-state index is 0.625. The summed E-state index contributed by atoms with van der Waals surface area (Å²) in [4.78, 5) is 11.8. The summed E-state index contributed by atoms with van der Waals surface area (Å²) in [7, 11) is 0. The van der Waals surface area contributed by atoms with Gasteiger partial charge in [-0.1, -0.05) is 6.58 Å². The summed E-state index contributed by atoms with van der Waals surface area (Å²) in [5, 5.41) is 10.0. The molecule has 0 heterocycles. The summed E-state index contributed by atoms with van der Waals surface area (Å²) in [6, 6.07) is 0. The molecule has 0 aliphatic rings. The summed E-state index contributed by atoms with van der Waals surface area (Å²) in [5.74, 6) is -2.54. The molecule has 12 heavy (non-hydrogen) atoms. The third kappa shape index (κ3) is 2.15. The number of nitrogens with zero attached hydrogens (tertiary/aromatic N) is 1. The fourth-order valence-corrected chi connectivity index (χ4v) is 0.421. The molecule has 66 valence electrons. The Morgan fingerprint density at radius 2 is 2.17 bits per heavy atom. The zero-order valence-corrected chi connectivity index (χ0v) is 5.92. The van der Waals surface area contributed by atoms with Gasteiger partial charge in [-0.2, -0.15) is 4.39 Å². The molecule has 0 aromatic carbocycles. The van der Waals surface area contributed by atoms with E-state index in [0.29, 0.717) is 6.08 Å². The molecule has 0 rings (SSSR count). The summed E-state index contributed by atoms with van der Waals surface area (Å²) >= 11 is 0. The van der Waals surface area contributed by atoms with Gasteiger partial charge in [0, 0.05) is 10.6 Å². The van der Waals surface area contributed by atoms with Gasteiger partial charge in [0.1, 0.15) is 0 Å². The average Bonchev–Trinajstić information content (AvgIpc) is 2.03. The first-order valence-electron chi connectivity index (χ1n) is 2.69. The summed E-state index contributed by atoms with van der Waals surface area (Å²) in [5.41, 5.74) is -0.988. The van der Waals surface area contributed by atoms with Gasteiger partial charge in [-0.15, -0.1) is 0 Å². The molecule has 0 amide bonds. The maximum atomic E-state index is 12.6. The van der Waals surface area contributed by atoms with Crippen molar-refractivity contribution in [1.29, 1.82) is 0 Å². The Kier molecular flexibility index (Phi) is 3.61. The third-order valence-electron chi connectivity index (χ3n) is 0.953. The molecule has 0 aliphatic heterocycles. The van der Waals surface area contributed by atoms with Gasteiger partial charge in [-0.25, -0.2) is 0 Å². The number of rotatable bonds is 4. The van der Waals surface area contributed by atoms with Crippen molar-refractivity contribution in [3.63, 3.8) is 0 Å². The fraction of sp³-hybridized carbons (Fsp3) is 0. The van der Waals surface area contributed by atoms with Crippen LogP contribution in [0.4, 0.5) is 8.92 Å².